The van der Waals surface area contributed by atoms with E-state index in [2.05, 4.69) is 30.0 Å². The number of nitrogens with one attached hydrogen (secondary N) is 1. The lowest BCUT2D eigenvalue weighted by atomic mass is 9.90. The number of rotatable bonds is 4. The lowest BCUT2D eigenvalue weighted by Gasteiger charge is -2.42. The highest BCUT2D eigenvalue weighted by Crippen LogP contribution is 2.41. The molecule has 4 rings (SSSR count). The highest BCUT2D eigenvalue weighted by Gasteiger charge is 2.51. The number of alkyl halides is 1. The Hall–Kier alpha value is -4.25. The van der Waals surface area contributed by atoms with Crippen molar-refractivity contribution in [1.29, 1.82) is 5.26 Å². The Morgan fingerprint density at radius 3 is 2.61 bits per heavy atom. The van der Waals surface area contributed by atoms with Crippen molar-refractivity contribution in [2.45, 2.75) is 50.5 Å². The van der Waals surface area contributed by atoms with E-state index in [4.69, 9.17) is 10.00 Å². The van der Waals surface area contributed by atoms with Crippen LogP contribution in [-0.2, 0) is 20.0 Å². The predicted molar refractivity (Wildman–Crippen MR) is 149 cm³/mol. The quantitative estimate of drug-likeness (QED) is 0.480. The van der Waals surface area contributed by atoms with Crippen molar-refractivity contribution in [3.8, 4) is 23.1 Å². The fourth-order valence-electron chi connectivity index (χ4n) is 4.32. The third-order valence-electron chi connectivity index (χ3n) is 6.63. The van der Waals surface area contributed by atoms with Gasteiger partial charge < -0.3 is 4.74 Å². The minimum atomic E-state index is -3.29. The highest BCUT2D eigenvalue weighted by atomic mass is 32.2. The molecule has 14 heteroatoms. The molecule has 11 nitrogen and oxygen atoms in total. The van der Waals surface area contributed by atoms with Crippen molar-refractivity contribution in [3.05, 3.63) is 59.7 Å². The van der Waals surface area contributed by atoms with Gasteiger partial charge in [-0.25, -0.2) is 31.8 Å². The number of nitriles is 1. The van der Waals surface area contributed by atoms with Gasteiger partial charge in [-0.1, -0.05) is 5.21 Å². The van der Waals surface area contributed by atoms with Crippen LogP contribution in [0, 0.1) is 17.1 Å². The molecule has 3 aromatic rings. The molecule has 0 fully saturated rings. The first-order valence-corrected chi connectivity index (χ1v) is 14.2. The normalized spacial score (nSPS) is 21.9. The number of carbonyl (C=O) groups is 1. The van der Waals surface area contributed by atoms with Crippen molar-refractivity contribution >= 4 is 21.7 Å². The van der Waals surface area contributed by atoms with Gasteiger partial charge in [0.15, 0.2) is 5.82 Å². The number of pyridine rings is 1. The SMILES string of the molecule is CN=[S@@]1(=O)C[C@@](CF)(c2cc(-c3cn(-c4ccc(C#N)cn4)nn3)ccc2F)N=C(NC(=O)OC(C)(C)C)C1(C)C. The fourth-order valence-corrected chi connectivity index (χ4v) is 6.61. The highest BCUT2D eigenvalue weighted by molar-refractivity contribution is 7.95. The molecule has 0 saturated heterocycles. The Morgan fingerprint density at radius 2 is 2.02 bits per heavy atom. The average molecular weight is 585 g/mol. The van der Waals surface area contributed by atoms with Crippen LogP contribution >= 0.6 is 0 Å². The lowest BCUT2D eigenvalue weighted by Crippen LogP contribution is -2.59. The fraction of sp³-hybridized carbons (Fsp3) is 0.407. The number of ether oxygens (including phenoxy) is 1. The van der Waals surface area contributed by atoms with Crippen molar-refractivity contribution in [3.63, 3.8) is 0 Å². The van der Waals surface area contributed by atoms with E-state index in [1.165, 1.54) is 30.1 Å². The topological polar surface area (TPSA) is 148 Å². The molecule has 0 bridgehead atoms. The third-order valence-corrected chi connectivity index (χ3v) is 9.88. The summed E-state index contributed by atoms with van der Waals surface area (Å²) < 4.78 is 54.2. The van der Waals surface area contributed by atoms with Crippen LogP contribution in [-0.4, -0.2) is 65.9 Å². The van der Waals surface area contributed by atoms with Gasteiger partial charge in [-0.2, -0.15) is 5.26 Å². The van der Waals surface area contributed by atoms with Crippen LogP contribution in [0.3, 0.4) is 0 Å². The van der Waals surface area contributed by atoms with Gasteiger partial charge in [0.05, 0.1) is 27.2 Å². The number of aliphatic imine (C=N–C) groups is 1. The summed E-state index contributed by atoms with van der Waals surface area (Å²) in [6, 6.07) is 9.11. The minimum absolute atomic E-state index is 0.131. The van der Waals surface area contributed by atoms with Crippen LogP contribution in [0.5, 0.6) is 0 Å². The summed E-state index contributed by atoms with van der Waals surface area (Å²) in [5, 5.41) is 19.7. The summed E-state index contributed by atoms with van der Waals surface area (Å²) in [5.74, 6) is -0.951. The van der Waals surface area contributed by atoms with Gasteiger partial charge in [-0.3, -0.25) is 10.3 Å². The molecule has 0 spiro atoms. The van der Waals surface area contributed by atoms with Gasteiger partial charge in [0, 0.05) is 24.4 Å². The number of carbonyl (C=O) groups excluding carboxylic acids is 1. The maximum absolute atomic E-state index is 15.5. The molecule has 0 unspecified atom stereocenters. The van der Waals surface area contributed by atoms with Crippen molar-refractivity contribution < 1.29 is 22.5 Å². The van der Waals surface area contributed by atoms with Crippen LogP contribution in [0.2, 0.25) is 0 Å². The molecule has 216 valence electrons. The average Bonchev–Trinajstić information content (AvgIpc) is 3.41. The zero-order valence-electron chi connectivity index (χ0n) is 23.5. The molecule has 0 aliphatic carbocycles. The molecule has 2 atom stereocenters. The Kier molecular flexibility index (Phi) is 7.70. The number of hydrogen-bond donors (Lipinski definition) is 1. The van der Waals surface area contributed by atoms with Crippen LogP contribution < -0.4 is 5.32 Å². The molecule has 41 heavy (non-hydrogen) atoms. The van der Waals surface area contributed by atoms with Crippen molar-refractivity contribution in [1.82, 2.24) is 25.3 Å². The van der Waals surface area contributed by atoms with E-state index in [9.17, 15) is 9.00 Å². The lowest BCUT2D eigenvalue weighted by molar-refractivity contribution is 0.0560. The predicted octanol–water partition coefficient (Wildman–Crippen LogP) is 4.32. The van der Waals surface area contributed by atoms with Gasteiger partial charge in [-0.15, -0.1) is 5.10 Å². The number of amidine groups is 1. The van der Waals surface area contributed by atoms with E-state index in [0.717, 1.165) is 6.07 Å². The van der Waals surface area contributed by atoms with Gasteiger partial charge >= 0.3 is 6.09 Å². The Morgan fingerprint density at radius 1 is 1.29 bits per heavy atom. The van der Waals surface area contributed by atoms with Crippen LogP contribution in [0.1, 0.15) is 45.7 Å². The Balaban J connectivity index is 1.81. The molecule has 2 aromatic heterocycles. The van der Waals surface area contributed by atoms with E-state index in [1.54, 1.807) is 52.9 Å². The van der Waals surface area contributed by atoms with Gasteiger partial charge in [0.2, 0.25) is 0 Å². The monoisotopic (exact) mass is 584 g/mol. The number of nitrogens with zero attached hydrogens (tertiary/aromatic N) is 7. The molecular weight excluding hydrogens is 554 g/mol. The number of benzene rings is 1. The van der Waals surface area contributed by atoms with Gasteiger partial charge in [0.1, 0.15) is 46.0 Å². The number of hydrogen-bond acceptors (Lipinski definition) is 9. The molecule has 1 N–H and O–H groups in total. The molecule has 1 aliphatic rings. The summed E-state index contributed by atoms with van der Waals surface area (Å²) >= 11 is 0. The van der Waals surface area contributed by atoms with E-state index < -0.39 is 50.0 Å². The van der Waals surface area contributed by atoms with E-state index in [-0.39, 0.29) is 11.4 Å². The molecule has 0 saturated carbocycles. The van der Waals surface area contributed by atoms with Crippen LogP contribution in [0.25, 0.3) is 17.1 Å². The van der Waals surface area contributed by atoms with Crippen molar-refractivity contribution in [2.24, 2.45) is 9.36 Å². The van der Waals surface area contributed by atoms with E-state index >= 15 is 8.78 Å². The van der Waals surface area contributed by atoms with Gasteiger partial charge in [-0.05, 0) is 65.0 Å². The maximum Gasteiger partial charge on any atom is 0.413 e. The zero-order valence-corrected chi connectivity index (χ0v) is 24.3. The van der Waals surface area contributed by atoms with Crippen molar-refractivity contribution in [2.75, 3.05) is 19.5 Å². The molecular formula is C27H30F2N8O3S. The van der Waals surface area contributed by atoms with Crippen LogP contribution in [0.15, 0.2) is 52.1 Å². The molecule has 1 amide bonds. The smallest absolute Gasteiger partial charge is 0.413 e. The molecule has 1 aromatic carbocycles. The summed E-state index contributed by atoms with van der Waals surface area (Å²) in [6.45, 7) is 6.94. The second-order valence-corrected chi connectivity index (χ2v) is 13.9. The summed E-state index contributed by atoms with van der Waals surface area (Å²) in [6.07, 6.45) is 2.05. The third kappa shape index (κ3) is 5.67. The largest absolute Gasteiger partial charge is 0.444 e. The summed E-state index contributed by atoms with van der Waals surface area (Å²) in [7, 11) is -1.95. The first kappa shape index (κ1) is 29.7. The maximum atomic E-state index is 15.5. The first-order valence-electron chi connectivity index (χ1n) is 12.5. The number of alkyl carbamates (subject to hydrolysis) is 1. The van der Waals surface area contributed by atoms with Gasteiger partial charge in [0.25, 0.3) is 0 Å². The van der Waals surface area contributed by atoms with Crippen LogP contribution in [0.4, 0.5) is 13.6 Å². The van der Waals surface area contributed by atoms with E-state index in [0.29, 0.717) is 22.6 Å². The summed E-state index contributed by atoms with van der Waals surface area (Å²) in [4.78, 5) is 21.3. The molecule has 1 aliphatic heterocycles. The standard InChI is InChI=1S/C27H30F2N8O3S/c1-25(2,3)40-24(38)33-23-26(4,5)41(39,31-6)16-27(15-28,34-23)19-11-18(8-9-20(19)29)21-14-37(36-35-21)22-10-7-17(12-30)13-32-22/h7-11,13-14H,15-16H2,1-6H3,(H,33,34,38)/t27-,41+/m0/s1. The molecule has 3 heterocycles. The molecule has 0 radical (unpaired) electrons. The Labute approximate surface area is 236 Å². The zero-order chi connectivity index (χ0) is 30.2. The second-order valence-electron chi connectivity index (χ2n) is 11.0. The second kappa shape index (κ2) is 10.6. The minimum Gasteiger partial charge on any atom is -0.444 e. The Bertz CT molecular complexity index is 1680. The number of aromatic nitrogens is 4. The number of halogens is 2. The summed E-state index contributed by atoms with van der Waals surface area (Å²) in [5.41, 5.74) is -1.92. The number of amides is 1. The van der Waals surface area contributed by atoms with E-state index in [1.807, 2.05) is 6.07 Å². The first-order chi connectivity index (χ1) is 19.2.